The van der Waals surface area contributed by atoms with Crippen molar-refractivity contribution in [3.05, 3.63) is 0 Å². The van der Waals surface area contributed by atoms with Gasteiger partial charge in [0.05, 0.1) is 19.8 Å². The summed E-state index contributed by atoms with van der Waals surface area (Å²) >= 11 is 0. The third-order valence-electron chi connectivity index (χ3n) is 3.43. The molecule has 0 spiro atoms. The van der Waals surface area contributed by atoms with Crippen molar-refractivity contribution in [2.75, 3.05) is 52.8 Å². The number of unbranched alkanes of at least 4 members (excludes halogenated alkanes) is 2. The molecule has 0 aliphatic rings. The SMILES string of the molecule is CCCNC(O)C(O)COCCCCOCCCCOCC(O)CO. The van der Waals surface area contributed by atoms with Crippen LogP contribution in [-0.4, -0.2) is 91.7 Å². The first-order chi connectivity index (χ1) is 12.1. The van der Waals surface area contributed by atoms with Crippen LogP contribution in [0.3, 0.4) is 0 Å². The summed E-state index contributed by atoms with van der Waals surface area (Å²) in [5, 5.41) is 39.7. The number of aliphatic hydroxyl groups is 4. The van der Waals surface area contributed by atoms with E-state index in [1.54, 1.807) is 0 Å². The smallest absolute Gasteiger partial charge is 0.133 e. The van der Waals surface area contributed by atoms with E-state index in [1.807, 2.05) is 6.92 Å². The van der Waals surface area contributed by atoms with Gasteiger partial charge in [-0.1, -0.05) is 6.92 Å². The summed E-state index contributed by atoms with van der Waals surface area (Å²) in [6, 6.07) is 0. The summed E-state index contributed by atoms with van der Waals surface area (Å²) in [5.74, 6) is 0. The fourth-order valence-electron chi connectivity index (χ4n) is 1.91. The first-order valence-electron chi connectivity index (χ1n) is 9.23. The number of nitrogens with one attached hydrogen (secondary N) is 1. The van der Waals surface area contributed by atoms with Crippen molar-refractivity contribution in [1.29, 1.82) is 0 Å². The van der Waals surface area contributed by atoms with Crippen molar-refractivity contribution >= 4 is 0 Å². The van der Waals surface area contributed by atoms with Gasteiger partial charge in [-0.25, -0.2) is 0 Å². The van der Waals surface area contributed by atoms with Gasteiger partial charge in [0, 0.05) is 26.4 Å². The first kappa shape index (κ1) is 24.7. The second kappa shape index (κ2) is 18.5. The van der Waals surface area contributed by atoms with Crippen LogP contribution in [-0.2, 0) is 14.2 Å². The molecule has 8 heteroatoms. The predicted octanol–water partition coefficient (Wildman–Crippen LogP) is -0.371. The molecule has 0 saturated heterocycles. The van der Waals surface area contributed by atoms with E-state index in [0.29, 0.717) is 33.0 Å². The second-order valence-electron chi connectivity index (χ2n) is 5.98. The fraction of sp³-hybridized carbons (Fsp3) is 1.00. The maximum Gasteiger partial charge on any atom is 0.133 e. The molecule has 0 bridgehead atoms. The van der Waals surface area contributed by atoms with E-state index in [1.165, 1.54) is 0 Å². The highest BCUT2D eigenvalue weighted by Gasteiger charge is 2.14. The molecule has 8 nitrogen and oxygen atoms in total. The average molecular weight is 367 g/mol. The summed E-state index contributed by atoms with van der Waals surface area (Å²) in [6.07, 6.45) is 1.70. The zero-order chi connectivity index (χ0) is 18.8. The van der Waals surface area contributed by atoms with E-state index in [2.05, 4.69) is 5.32 Å². The van der Waals surface area contributed by atoms with Gasteiger partial charge in [0.25, 0.3) is 0 Å². The van der Waals surface area contributed by atoms with Gasteiger partial charge in [-0.2, -0.15) is 0 Å². The molecule has 0 aromatic heterocycles. The van der Waals surface area contributed by atoms with E-state index < -0.39 is 18.4 Å². The fourth-order valence-corrected chi connectivity index (χ4v) is 1.91. The Morgan fingerprint density at radius 3 is 1.84 bits per heavy atom. The Labute approximate surface area is 151 Å². The van der Waals surface area contributed by atoms with Crippen LogP contribution in [0.25, 0.3) is 0 Å². The highest BCUT2D eigenvalue weighted by molar-refractivity contribution is 4.63. The van der Waals surface area contributed by atoms with Gasteiger partial charge in [-0.05, 0) is 38.6 Å². The van der Waals surface area contributed by atoms with Crippen LogP contribution in [0.15, 0.2) is 0 Å². The minimum Gasteiger partial charge on any atom is -0.394 e. The normalized spacial score (nSPS) is 15.2. The number of rotatable bonds is 19. The lowest BCUT2D eigenvalue weighted by molar-refractivity contribution is -0.0517. The summed E-state index contributed by atoms with van der Waals surface area (Å²) in [4.78, 5) is 0. The zero-order valence-electron chi connectivity index (χ0n) is 15.4. The maximum atomic E-state index is 9.65. The molecule has 0 fully saturated rings. The lowest BCUT2D eigenvalue weighted by Gasteiger charge is -2.18. The largest absolute Gasteiger partial charge is 0.394 e. The molecule has 5 N–H and O–H groups in total. The van der Waals surface area contributed by atoms with Crippen molar-refractivity contribution in [2.45, 2.75) is 57.5 Å². The van der Waals surface area contributed by atoms with E-state index >= 15 is 0 Å². The Morgan fingerprint density at radius 2 is 1.32 bits per heavy atom. The van der Waals surface area contributed by atoms with Gasteiger partial charge < -0.3 is 34.6 Å². The Kier molecular flexibility index (Phi) is 18.2. The van der Waals surface area contributed by atoms with Crippen molar-refractivity contribution in [2.24, 2.45) is 0 Å². The molecule has 0 saturated carbocycles. The van der Waals surface area contributed by atoms with Crippen molar-refractivity contribution in [3.8, 4) is 0 Å². The topological polar surface area (TPSA) is 121 Å². The molecule has 0 aromatic carbocycles. The average Bonchev–Trinajstić information content (AvgIpc) is 2.62. The monoisotopic (exact) mass is 367 g/mol. The van der Waals surface area contributed by atoms with Gasteiger partial charge in [0.15, 0.2) is 0 Å². The van der Waals surface area contributed by atoms with E-state index in [0.717, 1.165) is 32.1 Å². The molecule has 25 heavy (non-hydrogen) atoms. The van der Waals surface area contributed by atoms with Gasteiger partial charge in [0.2, 0.25) is 0 Å². The molecule has 0 aliphatic heterocycles. The molecule has 0 heterocycles. The first-order valence-corrected chi connectivity index (χ1v) is 9.23. The third kappa shape index (κ3) is 16.9. The third-order valence-corrected chi connectivity index (χ3v) is 3.43. The van der Waals surface area contributed by atoms with E-state index in [9.17, 15) is 10.2 Å². The number of aliphatic hydroxyl groups excluding tert-OH is 4. The molecule has 0 amide bonds. The van der Waals surface area contributed by atoms with Crippen molar-refractivity contribution < 1.29 is 34.6 Å². The van der Waals surface area contributed by atoms with Crippen LogP contribution in [0.4, 0.5) is 0 Å². The quantitative estimate of drug-likeness (QED) is 0.155. The lowest BCUT2D eigenvalue weighted by Crippen LogP contribution is -2.42. The second-order valence-corrected chi connectivity index (χ2v) is 5.98. The lowest BCUT2D eigenvalue weighted by atomic mass is 10.3. The molecule has 0 aromatic rings. The molecule has 0 radical (unpaired) electrons. The van der Waals surface area contributed by atoms with Crippen LogP contribution in [0.2, 0.25) is 0 Å². The zero-order valence-corrected chi connectivity index (χ0v) is 15.4. The summed E-state index contributed by atoms with van der Waals surface area (Å²) in [7, 11) is 0. The molecule has 152 valence electrons. The molecule has 3 atom stereocenters. The van der Waals surface area contributed by atoms with Crippen LogP contribution >= 0.6 is 0 Å². The van der Waals surface area contributed by atoms with Crippen LogP contribution in [0, 0.1) is 0 Å². The highest BCUT2D eigenvalue weighted by atomic mass is 16.5. The van der Waals surface area contributed by atoms with Crippen LogP contribution in [0.1, 0.15) is 39.0 Å². The Bertz CT molecular complexity index is 271. The summed E-state index contributed by atoms with van der Waals surface area (Å²) < 4.78 is 16.0. The van der Waals surface area contributed by atoms with Crippen LogP contribution < -0.4 is 5.32 Å². The van der Waals surface area contributed by atoms with E-state index in [-0.39, 0.29) is 19.8 Å². The van der Waals surface area contributed by atoms with Crippen molar-refractivity contribution in [1.82, 2.24) is 5.32 Å². The van der Waals surface area contributed by atoms with Gasteiger partial charge in [0.1, 0.15) is 18.4 Å². The Balaban J connectivity index is 3.21. The molecule has 3 unspecified atom stereocenters. The van der Waals surface area contributed by atoms with E-state index in [4.69, 9.17) is 24.4 Å². The molecule has 0 aliphatic carbocycles. The van der Waals surface area contributed by atoms with Gasteiger partial charge in [-0.3, -0.25) is 5.32 Å². The number of ether oxygens (including phenoxy) is 3. The Hall–Kier alpha value is -0.320. The minimum absolute atomic E-state index is 0.115. The van der Waals surface area contributed by atoms with Crippen molar-refractivity contribution in [3.63, 3.8) is 0 Å². The van der Waals surface area contributed by atoms with Gasteiger partial charge >= 0.3 is 0 Å². The maximum absolute atomic E-state index is 9.65. The molecule has 0 rings (SSSR count). The summed E-state index contributed by atoms with van der Waals surface area (Å²) in [6.45, 7) is 5.06. The number of hydrogen-bond donors (Lipinski definition) is 5. The molecular weight excluding hydrogens is 330 g/mol. The highest BCUT2D eigenvalue weighted by Crippen LogP contribution is 1.98. The minimum atomic E-state index is -0.945. The van der Waals surface area contributed by atoms with Gasteiger partial charge in [-0.15, -0.1) is 0 Å². The predicted molar refractivity (Wildman–Crippen MR) is 94.3 cm³/mol. The van der Waals surface area contributed by atoms with Crippen LogP contribution in [0.5, 0.6) is 0 Å². The standard InChI is InChI=1S/C17H37NO7/c1-2-7-18-17(22)16(21)14-25-11-6-4-9-23-8-3-5-10-24-13-15(20)12-19/h15-22H,2-14H2,1H3. The Morgan fingerprint density at radius 1 is 0.800 bits per heavy atom. The molecular formula is C17H37NO7. The number of hydrogen-bond acceptors (Lipinski definition) is 8. The summed E-state index contributed by atoms with van der Waals surface area (Å²) in [5.41, 5.74) is 0.